The van der Waals surface area contributed by atoms with E-state index in [-0.39, 0.29) is 57.5 Å². The molecule has 3 N–H and O–H groups in total. The van der Waals surface area contributed by atoms with Crippen molar-refractivity contribution in [1.29, 1.82) is 0 Å². The molecule has 17 heteroatoms. The van der Waals surface area contributed by atoms with Gasteiger partial charge in [0.1, 0.15) is 41.1 Å². The van der Waals surface area contributed by atoms with Gasteiger partial charge in [-0.15, -0.1) is 0 Å². The highest BCUT2D eigenvalue weighted by Crippen LogP contribution is 2.40. The number of nitrogens with zero attached hydrogens (tertiary/aromatic N) is 2. The zero-order valence-corrected chi connectivity index (χ0v) is 39.5. The van der Waals surface area contributed by atoms with Gasteiger partial charge in [0.05, 0.1) is 30.9 Å². The van der Waals surface area contributed by atoms with Crippen molar-refractivity contribution in [3.63, 3.8) is 0 Å². The molecule has 0 saturated carbocycles. The van der Waals surface area contributed by atoms with Crippen LogP contribution < -0.4 is 5.32 Å². The number of hydrogen-bond acceptors (Lipinski definition) is 10. The van der Waals surface area contributed by atoms with Crippen LogP contribution in [-0.4, -0.2) is 110 Å². The number of carbonyl (C=O) groups is 6. The fourth-order valence-corrected chi connectivity index (χ4v) is 9.31. The third-order valence-electron chi connectivity index (χ3n) is 11.9. The first-order valence-corrected chi connectivity index (χ1v) is 22.7. The fourth-order valence-electron chi connectivity index (χ4n) is 9.31. The van der Waals surface area contributed by atoms with Crippen molar-refractivity contribution in [3.05, 3.63) is 59.2 Å². The van der Waals surface area contributed by atoms with Crippen molar-refractivity contribution in [2.45, 2.75) is 156 Å². The second-order valence-corrected chi connectivity index (χ2v) is 19.5. The van der Waals surface area contributed by atoms with Crippen molar-refractivity contribution in [2.75, 3.05) is 13.1 Å². The van der Waals surface area contributed by atoms with Crippen LogP contribution in [0.3, 0.4) is 0 Å². The van der Waals surface area contributed by atoms with Crippen molar-refractivity contribution in [2.24, 2.45) is 5.92 Å². The minimum Gasteiger partial charge on any atom is -0.461 e. The lowest BCUT2D eigenvalue weighted by Crippen LogP contribution is -2.51. The summed E-state index contributed by atoms with van der Waals surface area (Å²) in [5, 5.41) is 3.99. The number of aromatic nitrogens is 2. The second-order valence-electron chi connectivity index (χ2n) is 19.5. The number of rotatable bonds is 14. The summed E-state index contributed by atoms with van der Waals surface area (Å²) >= 11 is 0. The van der Waals surface area contributed by atoms with Gasteiger partial charge < -0.3 is 44.0 Å². The molecule has 3 amide bonds. The van der Waals surface area contributed by atoms with E-state index in [2.05, 4.69) is 15.3 Å². The fraction of sp³-hybridized carbons (Fsp3) is 0.551. The average molecular weight is 920 g/mol. The number of likely N-dealkylation sites (tertiary alicyclic amines) is 2. The summed E-state index contributed by atoms with van der Waals surface area (Å²) in [7, 11) is 0. The predicted molar refractivity (Wildman–Crippen MR) is 242 cm³/mol. The molecule has 15 nitrogen and oxygen atoms in total. The van der Waals surface area contributed by atoms with Gasteiger partial charge in [0, 0.05) is 66.5 Å². The maximum Gasteiger partial charge on any atom is 0.408 e. The number of esters is 3. The Bertz CT molecular complexity index is 2310. The molecule has 0 aliphatic carbocycles. The van der Waals surface area contributed by atoms with E-state index in [0.717, 1.165) is 0 Å². The number of ether oxygens (including phenoxy) is 4. The highest BCUT2D eigenvalue weighted by Gasteiger charge is 2.43. The quantitative estimate of drug-likeness (QED) is 0.0832. The summed E-state index contributed by atoms with van der Waals surface area (Å²) in [6.07, 6.45) is -0.692. The average Bonchev–Trinajstić information content (AvgIpc) is 3.96. The molecule has 6 rings (SSSR count). The van der Waals surface area contributed by atoms with Crippen LogP contribution in [0.5, 0.6) is 0 Å². The Balaban J connectivity index is 1.43. The molecular weight excluding hydrogens is 857 g/mol. The van der Waals surface area contributed by atoms with E-state index in [9.17, 15) is 28.8 Å². The number of benzene rings is 2. The van der Waals surface area contributed by atoms with Gasteiger partial charge in [-0.05, 0) is 115 Å². The van der Waals surface area contributed by atoms with E-state index < -0.39 is 89.0 Å². The van der Waals surface area contributed by atoms with Crippen LogP contribution in [0.25, 0.3) is 33.2 Å². The Morgan fingerprint density at radius 2 is 1.15 bits per heavy atom. The molecular formula is C49H63F2N5O10. The van der Waals surface area contributed by atoms with Gasteiger partial charge in [-0.3, -0.25) is 24.0 Å². The Labute approximate surface area is 383 Å². The third-order valence-corrected chi connectivity index (χ3v) is 11.9. The molecule has 2 aromatic carbocycles. The number of H-pyrrole nitrogens is 2. The van der Waals surface area contributed by atoms with Gasteiger partial charge in [-0.1, -0.05) is 13.8 Å². The zero-order valence-electron chi connectivity index (χ0n) is 39.5. The molecule has 6 atom stereocenters. The van der Waals surface area contributed by atoms with Gasteiger partial charge in [0.25, 0.3) is 0 Å². The van der Waals surface area contributed by atoms with Gasteiger partial charge in [-0.25, -0.2) is 13.6 Å². The lowest BCUT2D eigenvalue weighted by atomic mass is 9.94. The molecule has 4 heterocycles. The Morgan fingerprint density at radius 3 is 1.56 bits per heavy atom. The first-order valence-electron chi connectivity index (χ1n) is 22.7. The van der Waals surface area contributed by atoms with Crippen LogP contribution in [0, 0.1) is 17.6 Å². The molecule has 2 aromatic heterocycles. The normalized spacial score (nSPS) is 19.8. The molecule has 2 saturated heterocycles. The summed E-state index contributed by atoms with van der Waals surface area (Å²) in [6.45, 7) is 16.7. The topological polar surface area (TPSA) is 189 Å². The van der Waals surface area contributed by atoms with Crippen molar-refractivity contribution < 1.29 is 56.5 Å². The van der Waals surface area contributed by atoms with Crippen LogP contribution in [0.4, 0.5) is 13.6 Å². The van der Waals surface area contributed by atoms with Gasteiger partial charge in [0.2, 0.25) is 11.8 Å². The highest BCUT2D eigenvalue weighted by atomic mass is 19.1. The number of aromatic amines is 2. The van der Waals surface area contributed by atoms with E-state index in [4.69, 9.17) is 18.9 Å². The van der Waals surface area contributed by atoms with Crippen LogP contribution in [0.15, 0.2) is 36.4 Å². The SMILES string of the molecule is CC[C@H](CC(=O)OC(C)(C)C)C(=O)N1C[C@@H](OC(C)=O)C[C@H]1Cc1c(-c2[nH]c3cc(F)ccc3c2C[C@@H]2C[C@H](OC(C)=O)CN2C(=O)[C@H](CC)NC(=O)OC(C)(C)C)[nH]c2cc(F)ccc12. The number of carbonyl (C=O) groups excluding carboxylic acids is 6. The first kappa shape index (κ1) is 49.4. The lowest BCUT2D eigenvalue weighted by Gasteiger charge is -2.30. The molecule has 358 valence electrons. The van der Waals surface area contributed by atoms with E-state index in [1.807, 2.05) is 6.92 Å². The molecule has 0 bridgehead atoms. The molecule has 2 aliphatic rings. The Kier molecular flexibility index (Phi) is 14.9. The Morgan fingerprint density at radius 1 is 0.697 bits per heavy atom. The molecule has 4 aromatic rings. The molecule has 0 unspecified atom stereocenters. The predicted octanol–water partition coefficient (Wildman–Crippen LogP) is 7.81. The maximum atomic E-state index is 15.0. The lowest BCUT2D eigenvalue weighted by molar-refractivity contribution is -0.158. The smallest absolute Gasteiger partial charge is 0.408 e. The monoisotopic (exact) mass is 919 g/mol. The van der Waals surface area contributed by atoms with Crippen molar-refractivity contribution >= 4 is 57.6 Å². The number of hydrogen-bond donors (Lipinski definition) is 3. The Hall–Kier alpha value is -6.00. The summed E-state index contributed by atoms with van der Waals surface area (Å²) in [6, 6.07) is 6.60. The number of halogens is 2. The van der Waals surface area contributed by atoms with Crippen LogP contribution in [-0.2, 0) is 55.8 Å². The summed E-state index contributed by atoms with van der Waals surface area (Å²) in [4.78, 5) is 89.3. The number of fused-ring (bicyclic) bond motifs is 2. The van der Waals surface area contributed by atoms with Crippen LogP contribution in [0.1, 0.15) is 112 Å². The standard InChI is InChI=1S/C49H63F2N5O10/c1-11-28(17-42(59)65-48(5,6)7)45(60)55-24-33(63-26(3)57)20-31(55)22-37-35-15-13-29(50)18-40(35)52-43(37)44-38(36-16-14-30(51)19-41(36)53-44)23-32-21-34(64-27(4)58)25-56(32)46(61)39(12-2)54-47(62)66-49(8,9)10/h13-16,18-19,28,31-34,39,52-53H,11-12,17,20-25H2,1-10H3,(H,54,62)/t28-,31+,32+,33+,34+,39+/m1/s1. The second kappa shape index (κ2) is 19.8. The van der Waals surface area contributed by atoms with Gasteiger partial charge in [-0.2, -0.15) is 0 Å². The molecule has 2 aliphatic heterocycles. The van der Waals surface area contributed by atoms with Crippen LogP contribution >= 0.6 is 0 Å². The summed E-state index contributed by atoms with van der Waals surface area (Å²) < 4.78 is 52.4. The van der Waals surface area contributed by atoms with Gasteiger partial charge >= 0.3 is 24.0 Å². The number of amides is 3. The highest BCUT2D eigenvalue weighted by molar-refractivity contribution is 5.96. The van der Waals surface area contributed by atoms with Crippen LogP contribution in [0.2, 0.25) is 0 Å². The molecule has 2 fully saturated rings. The van der Waals surface area contributed by atoms with E-state index in [0.29, 0.717) is 50.7 Å². The zero-order chi connectivity index (χ0) is 48.4. The van der Waals surface area contributed by atoms with E-state index >= 15 is 8.78 Å². The minimum atomic E-state index is -0.963. The number of nitrogens with one attached hydrogen (secondary N) is 3. The van der Waals surface area contributed by atoms with Crippen molar-refractivity contribution in [3.8, 4) is 11.4 Å². The minimum absolute atomic E-state index is 0.0561. The molecule has 0 radical (unpaired) electrons. The van der Waals surface area contributed by atoms with Gasteiger partial charge in [0.15, 0.2) is 0 Å². The maximum absolute atomic E-state index is 15.0. The third kappa shape index (κ3) is 11.9. The molecule has 0 spiro atoms. The largest absolute Gasteiger partial charge is 0.461 e. The number of alkyl carbamates (subject to hydrolysis) is 1. The molecule has 66 heavy (non-hydrogen) atoms. The van der Waals surface area contributed by atoms with E-state index in [1.54, 1.807) is 70.4 Å². The van der Waals surface area contributed by atoms with E-state index in [1.165, 1.54) is 38.1 Å². The summed E-state index contributed by atoms with van der Waals surface area (Å²) in [5.74, 6) is -3.94. The summed E-state index contributed by atoms with van der Waals surface area (Å²) in [5.41, 5.74) is 1.75. The van der Waals surface area contributed by atoms with Crippen molar-refractivity contribution in [1.82, 2.24) is 25.1 Å². The first-order chi connectivity index (χ1) is 30.9.